The third-order valence-electron chi connectivity index (χ3n) is 2.86. The van der Waals surface area contributed by atoms with Gasteiger partial charge in [0.25, 0.3) is 0 Å². The zero-order valence-electron chi connectivity index (χ0n) is 12.5. The Morgan fingerprint density at radius 3 is 2.71 bits per heavy atom. The van der Waals surface area contributed by atoms with Crippen LogP contribution in [0.25, 0.3) is 0 Å². The average Bonchev–Trinajstić information content (AvgIpc) is 2.97. The summed E-state index contributed by atoms with van der Waals surface area (Å²) in [5.41, 5.74) is 0. The van der Waals surface area contributed by atoms with E-state index in [0.717, 1.165) is 37.7 Å². The molecule has 0 aromatic carbocycles. The Morgan fingerprint density at radius 2 is 2.05 bits per heavy atom. The maximum absolute atomic E-state index is 5.10. The van der Waals surface area contributed by atoms with Gasteiger partial charge in [-0.25, -0.2) is 15.0 Å². The number of hydrogen-bond acceptors (Lipinski definition) is 6. The van der Waals surface area contributed by atoms with Gasteiger partial charge in [0.15, 0.2) is 5.82 Å². The second kappa shape index (κ2) is 8.21. The lowest BCUT2D eigenvalue weighted by molar-refractivity contribution is 0.178. The van der Waals surface area contributed by atoms with Crippen molar-refractivity contribution in [3.63, 3.8) is 0 Å². The lowest BCUT2D eigenvalue weighted by atomic mass is 10.4. The van der Waals surface area contributed by atoms with Crippen LogP contribution < -0.4 is 10.6 Å². The molecule has 2 N–H and O–H groups in total. The lowest BCUT2D eigenvalue weighted by Gasteiger charge is -2.10. The summed E-state index contributed by atoms with van der Waals surface area (Å²) in [4.78, 5) is 12.8. The summed E-state index contributed by atoms with van der Waals surface area (Å²) in [6.45, 7) is 5.04. The number of ether oxygens (including phenoxy) is 1. The number of hydrogen-bond donors (Lipinski definition) is 2. The van der Waals surface area contributed by atoms with Crippen molar-refractivity contribution >= 4 is 11.6 Å². The fraction of sp³-hybridized carbons (Fsp3) is 0.500. The van der Waals surface area contributed by atoms with E-state index in [-0.39, 0.29) is 0 Å². The topological polar surface area (TPSA) is 76.9 Å². The Kier molecular flexibility index (Phi) is 5.96. The summed E-state index contributed by atoms with van der Waals surface area (Å²) >= 11 is 0. The fourth-order valence-corrected chi connectivity index (χ4v) is 1.95. The minimum Gasteiger partial charge on any atom is -0.377 e. The number of aromatic nitrogens is 4. The maximum atomic E-state index is 5.10. The van der Waals surface area contributed by atoms with E-state index in [1.54, 1.807) is 13.3 Å². The van der Waals surface area contributed by atoms with Crippen LogP contribution in [0.3, 0.4) is 0 Å². The van der Waals surface area contributed by atoms with E-state index in [0.29, 0.717) is 12.4 Å². The summed E-state index contributed by atoms with van der Waals surface area (Å²) in [5, 5.41) is 6.52. The number of imidazole rings is 1. The SMILES string of the molecule is CCNc1cc(NCCCn2ccnc2)nc(COC)n1. The third-order valence-corrected chi connectivity index (χ3v) is 2.86. The van der Waals surface area contributed by atoms with Gasteiger partial charge in [0.05, 0.1) is 6.33 Å². The molecule has 0 radical (unpaired) electrons. The van der Waals surface area contributed by atoms with E-state index < -0.39 is 0 Å². The van der Waals surface area contributed by atoms with Crippen molar-refractivity contribution in [2.24, 2.45) is 0 Å². The molecule has 114 valence electrons. The minimum absolute atomic E-state index is 0.406. The second-order valence-electron chi connectivity index (χ2n) is 4.60. The first-order chi connectivity index (χ1) is 10.3. The Bertz CT molecular complexity index is 504. The van der Waals surface area contributed by atoms with E-state index >= 15 is 0 Å². The molecule has 0 fully saturated rings. The highest BCUT2D eigenvalue weighted by Crippen LogP contribution is 2.12. The van der Waals surface area contributed by atoms with Crippen LogP contribution in [0.1, 0.15) is 19.2 Å². The first-order valence-electron chi connectivity index (χ1n) is 7.12. The molecule has 0 aliphatic rings. The van der Waals surface area contributed by atoms with E-state index in [2.05, 4.69) is 30.2 Å². The van der Waals surface area contributed by atoms with Crippen molar-refractivity contribution in [2.45, 2.75) is 26.5 Å². The van der Waals surface area contributed by atoms with Crippen LogP contribution >= 0.6 is 0 Å². The Labute approximate surface area is 124 Å². The molecule has 2 heterocycles. The van der Waals surface area contributed by atoms with E-state index in [1.165, 1.54) is 0 Å². The number of rotatable bonds is 9. The fourth-order valence-electron chi connectivity index (χ4n) is 1.95. The minimum atomic E-state index is 0.406. The highest BCUT2D eigenvalue weighted by molar-refractivity contribution is 5.47. The molecule has 0 saturated carbocycles. The quantitative estimate of drug-likeness (QED) is 0.685. The molecule has 0 atom stereocenters. The predicted molar refractivity (Wildman–Crippen MR) is 82.2 cm³/mol. The van der Waals surface area contributed by atoms with Crippen LogP contribution in [0.4, 0.5) is 11.6 Å². The molecule has 0 saturated heterocycles. The Morgan fingerprint density at radius 1 is 1.24 bits per heavy atom. The van der Waals surface area contributed by atoms with Crippen molar-refractivity contribution in [1.82, 2.24) is 19.5 Å². The molecule has 0 spiro atoms. The number of nitrogens with zero attached hydrogens (tertiary/aromatic N) is 4. The van der Waals surface area contributed by atoms with Crippen molar-refractivity contribution in [1.29, 1.82) is 0 Å². The van der Waals surface area contributed by atoms with Gasteiger partial charge >= 0.3 is 0 Å². The molecule has 0 amide bonds. The zero-order valence-corrected chi connectivity index (χ0v) is 12.5. The van der Waals surface area contributed by atoms with Gasteiger partial charge in [0.1, 0.15) is 18.2 Å². The lowest BCUT2D eigenvalue weighted by Crippen LogP contribution is -2.10. The zero-order chi connectivity index (χ0) is 14.9. The van der Waals surface area contributed by atoms with Crippen LogP contribution in [0.5, 0.6) is 0 Å². The second-order valence-corrected chi connectivity index (χ2v) is 4.60. The molecular formula is C14H22N6O. The van der Waals surface area contributed by atoms with Crippen LogP contribution in [-0.2, 0) is 17.9 Å². The normalized spacial score (nSPS) is 10.6. The van der Waals surface area contributed by atoms with Crippen molar-refractivity contribution in [3.05, 3.63) is 30.6 Å². The molecule has 7 nitrogen and oxygen atoms in total. The molecule has 21 heavy (non-hydrogen) atoms. The summed E-state index contributed by atoms with van der Waals surface area (Å²) in [7, 11) is 1.64. The first-order valence-corrected chi connectivity index (χ1v) is 7.12. The molecule has 7 heteroatoms. The van der Waals surface area contributed by atoms with E-state index in [1.807, 2.05) is 25.5 Å². The van der Waals surface area contributed by atoms with Crippen LogP contribution in [0.15, 0.2) is 24.8 Å². The molecule has 2 rings (SSSR count). The molecular weight excluding hydrogens is 268 g/mol. The summed E-state index contributed by atoms with van der Waals surface area (Å²) in [5.74, 6) is 2.31. The summed E-state index contributed by atoms with van der Waals surface area (Å²) in [6.07, 6.45) is 6.57. The molecule has 2 aromatic heterocycles. The predicted octanol–water partition coefficient (Wildman–Crippen LogP) is 1.75. The summed E-state index contributed by atoms with van der Waals surface area (Å²) < 4.78 is 7.16. The molecule has 0 bridgehead atoms. The van der Waals surface area contributed by atoms with Crippen LogP contribution in [0, 0.1) is 0 Å². The molecule has 0 unspecified atom stereocenters. The highest BCUT2D eigenvalue weighted by atomic mass is 16.5. The smallest absolute Gasteiger partial charge is 0.158 e. The first kappa shape index (κ1) is 15.2. The Balaban J connectivity index is 1.88. The highest BCUT2D eigenvalue weighted by Gasteiger charge is 2.04. The van der Waals surface area contributed by atoms with E-state index in [9.17, 15) is 0 Å². The van der Waals surface area contributed by atoms with Gasteiger partial charge in [0.2, 0.25) is 0 Å². The van der Waals surface area contributed by atoms with Gasteiger partial charge in [-0.3, -0.25) is 0 Å². The van der Waals surface area contributed by atoms with Gasteiger partial charge < -0.3 is 19.9 Å². The van der Waals surface area contributed by atoms with Gasteiger partial charge in [-0.1, -0.05) is 0 Å². The van der Waals surface area contributed by atoms with Crippen LogP contribution in [-0.4, -0.2) is 39.7 Å². The van der Waals surface area contributed by atoms with Crippen molar-refractivity contribution < 1.29 is 4.74 Å². The monoisotopic (exact) mass is 290 g/mol. The van der Waals surface area contributed by atoms with Crippen molar-refractivity contribution in [2.75, 3.05) is 30.8 Å². The number of anilines is 2. The summed E-state index contributed by atoms with van der Waals surface area (Å²) in [6, 6.07) is 1.92. The van der Waals surface area contributed by atoms with Crippen LogP contribution in [0.2, 0.25) is 0 Å². The van der Waals surface area contributed by atoms with E-state index in [4.69, 9.17) is 4.74 Å². The third kappa shape index (κ3) is 5.03. The van der Waals surface area contributed by atoms with Gasteiger partial charge in [0, 0.05) is 45.2 Å². The van der Waals surface area contributed by atoms with Crippen molar-refractivity contribution in [3.8, 4) is 0 Å². The van der Waals surface area contributed by atoms with Gasteiger partial charge in [-0.15, -0.1) is 0 Å². The largest absolute Gasteiger partial charge is 0.377 e. The standard InChI is InChI=1S/C14H22N6O/c1-3-16-12-9-13(19-14(18-12)10-21-2)17-5-4-7-20-8-6-15-11-20/h6,8-9,11H,3-5,7,10H2,1-2H3,(H2,16,17,18,19). The average molecular weight is 290 g/mol. The Hall–Kier alpha value is -2.15. The van der Waals surface area contributed by atoms with Gasteiger partial charge in [-0.2, -0.15) is 0 Å². The molecule has 0 aliphatic carbocycles. The van der Waals surface area contributed by atoms with Gasteiger partial charge in [-0.05, 0) is 13.3 Å². The number of nitrogens with one attached hydrogen (secondary N) is 2. The molecule has 2 aromatic rings. The molecule has 0 aliphatic heterocycles. The number of aryl methyl sites for hydroxylation is 1. The maximum Gasteiger partial charge on any atom is 0.158 e. The number of methoxy groups -OCH3 is 1.